The monoisotopic (exact) mass is 154 g/mol. The van der Waals surface area contributed by atoms with Crippen LogP contribution in [-0.2, 0) is 4.74 Å². The third-order valence-corrected chi connectivity index (χ3v) is 3.95. The second-order valence-corrected chi connectivity index (χ2v) is 4.30. The minimum absolute atomic E-state index is 0.421. The van der Waals surface area contributed by atoms with Gasteiger partial charge in [-0.15, -0.1) is 0 Å². The van der Waals surface area contributed by atoms with Crippen molar-refractivity contribution < 1.29 is 9.84 Å². The lowest BCUT2D eigenvalue weighted by Gasteiger charge is -2.23. The van der Waals surface area contributed by atoms with Gasteiger partial charge in [-0.05, 0) is 37.0 Å². The van der Waals surface area contributed by atoms with Crippen molar-refractivity contribution in [2.75, 3.05) is 6.61 Å². The smallest absolute Gasteiger partial charge is 0.157 e. The number of fused-ring (bicyclic) bond motifs is 5. The summed E-state index contributed by atoms with van der Waals surface area (Å²) >= 11 is 0. The van der Waals surface area contributed by atoms with E-state index < -0.39 is 6.29 Å². The molecule has 0 spiro atoms. The quantitative estimate of drug-likeness (QED) is 0.564. The Morgan fingerprint density at radius 2 is 2.00 bits per heavy atom. The van der Waals surface area contributed by atoms with Crippen LogP contribution in [-0.4, -0.2) is 18.0 Å². The number of hydrogen-bond acceptors (Lipinski definition) is 2. The zero-order chi connectivity index (χ0) is 7.42. The minimum Gasteiger partial charge on any atom is -0.368 e. The molecule has 11 heavy (non-hydrogen) atoms. The highest BCUT2D eigenvalue weighted by molar-refractivity contribution is 4.99. The first-order valence-electron chi connectivity index (χ1n) is 4.66. The van der Waals surface area contributed by atoms with Crippen LogP contribution in [0.1, 0.15) is 19.3 Å². The van der Waals surface area contributed by atoms with Crippen LogP contribution in [0.2, 0.25) is 0 Å². The summed E-state index contributed by atoms with van der Waals surface area (Å²) in [5.74, 6) is 2.90. The van der Waals surface area contributed by atoms with Gasteiger partial charge in [0.15, 0.2) is 6.29 Å². The Kier molecular flexibility index (Phi) is 1.16. The van der Waals surface area contributed by atoms with Gasteiger partial charge in [0.25, 0.3) is 0 Å². The first-order chi connectivity index (χ1) is 5.36. The van der Waals surface area contributed by atoms with Crippen LogP contribution in [0, 0.1) is 23.7 Å². The molecule has 2 aliphatic carbocycles. The van der Waals surface area contributed by atoms with Crippen LogP contribution in [0.4, 0.5) is 0 Å². The fourth-order valence-corrected chi connectivity index (χ4v) is 3.47. The first-order valence-corrected chi connectivity index (χ1v) is 4.66. The van der Waals surface area contributed by atoms with E-state index in [1.54, 1.807) is 0 Å². The predicted molar refractivity (Wildman–Crippen MR) is 39.8 cm³/mol. The molecular formula is C9H14O2. The average Bonchev–Trinajstić information content (AvgIpc) is 2.60. The fraction of sp³-hybridized carbons (Fsp3) is 1.00. The van der Waals surface area contributed by atoms with Gasteiger partial charge in [-0.1, -0.05) is 0 Å². The first kappa shape index (κ1) is 6.44. The van der Waals surface area contributed by atoms with Gasteiger partial charge in [0.2, 0.25) is 0 Å². The summed E-state index contributed by atoms with van der Waals surface area (Å²) in [5.41, 5.74) is 0. The standard InChI is InChI=1S/C9H14O2/c10-9-8-6-2-1-5(3-6)7(8)4-11-9/h5-10H,1-4H2/t5?,6?,7?,8?,9-/m0/s1. The third kappa shape index (κ3) is 0.695. The van der Waals surface area contributed by atoms with Gasteiger partial charge in [0.05, 0.1) is 6.61 Å². The van der Waals surface area contributed by atoms with E-state index in [4.69, 9.17) is 4.74 Å². The molecule has 1 N–H and O–H groups in total. The number of hydrogen-bond donors (Lipinski definition) is 1. The third-order valence-electron chi connectivity index (χ3n) is 3.95. The van der Waals surface area contributed by atoms with Crippen molar-refractivity contribution >= 4 is 0 Å². The molecule has 2 bridgehead atoms. The molecule has 0 radical (unpaired) electrons. The lowest BCUT2D eigenvalue weighted by Crippen LogP contribution is -2.25. The summed E-state index contributed by atoms with van der Waals surface area (Å²) in [7, 11) is 0. The van der Waals surface area contributed by atoms with E-state index in [2.05, 4.69) is 0 Å². The highest BCUT2D eigenvalue weighted by Gasteiger charge is 2.53. The molecule has 5 atom stereocenters. The molecular weight excluding hydrogens is 140 g/mol. The van der Waals surface area contributed by atoms with Gasteiger partial charge in [-0.2, -0.15) is 0 Å². The van der Waals surface area contributed by atoms with Crippen molar-refractivity contribution in [1.29, 1.82) is 0 Å². The summed E-state index contributed by atoms with van der Waals surface area (Å²) < 4.78 is 5.26. The molecule has 0 aromatic carbocycles. The van der Waals surface area contributed by atoms with Crippen LogP contribution >= 0.6 is 0 Å². The van der Waals surface area contributed by atoms with Gasteiger partial charge in [-0.3, -0.25) is 0 Å². The molecule has 2 saturated carbocycles. The summed E-state index contributed by atoms with van der Waals surface area (Å²) in [6.45, 7) is 0.826. The molecule has 62 valence electrons. The molecule has 0 aromatic rings. The molecule has 4 unspecified atom stereocenters. The molecule has 3 rings (SSSR count). The number of rotatable bonds is 0. The molecule has 2 heteroatoms. The maximum atomic E-state index is 9.50. The van der Waals surface area contributed by atoms with E-state index in [0.717, 1.165) is 18.4 Å². The zero-order valence-electron chi connectivity index (χ0n) is 6.57. The Morgan fingerprint density at radius 1 is 1.18 bits per heavy atom. The number of aliphatic hydroxyl groups is 1. The van der Waals surface area contributed by atoms with Crippen LogP contribution < -0.4 is 0 Å². The van der Waals surface area contributed by atoms with Crippen LogP contribution in [0.3, 0.4) is 0 Å². The molecule has 3 fully saturated rings. The van der Waals surface area contributed by atoms with E-state index in [0.29, 0.717) is 11.8 Å². The molecule has 0 amide bonds. The van der Waals surface area contributed by atoms with Gasteiger partial charge >= 0.3 is 0 Å². The van der Waals surface area contributed by atoms with E-state index in [1.807, 2.05) is 0 Å². The fourth-order valence-electron chi connectivity index (χ4n) is 3.47. The largest absolute Gasteiger partial charge is 0.368 e. The lowest BCUT2D eigenvalue weighted by molar-refractivity contribution is -0.0918. The highest BCUT2D eigenvalue weighted by Crippen LogP contribution is 2.56. The predicted octanol–water partition coefficient (Wildman–Crippen LogP) is 0.997. The second kappa shape index (κ2) is 1.99. The summed E-state index contributed by atoms with van der Waals surface area (Å²) in [5, 5.41) is 9.50. The van der Waals surface area contributed by atoms with Crippen molar-refractivity contribution in [3.63, 3.8) is 0 Å². The molecule has 0 aromatic heterocycles. The maximum absolute atomic E-state index is 9.50. The number of aliphatic hydroxyl groups excluding tert-OH is 1. The van der Waals surface area contributed by atoms with Crippen LogP contribution in [0.25, 0.3) is 0 Å². The summed E-state index contributed by atoms with van der Waals surface area (Å²) in [6.07, 6.45) is 3.68. The highest BCUT2D eigenvalue weighted by atomic mass is 16.6. The van der Waals surface area contributed by atoms with Gasteiger partial charge in [0, 0.05) is 5.92 Å². The lowest BCUT2D eigenvalue weighted by atomic mass is 9.81. The summed E-state index contributed by atoms with van der Waals surface area (Å²) in [4.78, 5) is 0. The van der Waals surface area contributed by atoms with Crippen LogP contribution in [0.15, 0.2) is 0 Å². The zero-order valence-corrected chi connectivity index (χ0v) is 6.57. The van der Waals surface area contributed by atoms with Crippen molar-refractivity contribution in [3.8, 4) is 0 Å². The Balaban J connectivity index is 1.91. The van der Waals surface area contributed by atoms with E-state index in [1.165, 1.54) is 19.3 Å². The molecule has 1 aliphatic heterocycles. The van der Waals surface area contributed by atoms with Crippen LogP contribution in [0.5, 0.6) is 0 Å². The van der Waals surface area contributed by atoms with Crippen molar-refractivity contribution in [1.82, 2.24) is 0 Å². The van der Waals surface area contributed by atoms with E-state index in [-0.39, 0.29) is 0 Å². The normalized spacial score (nSPS) is 60.3. The maximum Gasteiger partial charge on any atom is 0.157 e. The van der Waals surface area contributed by atoms with Crippen molar-refractivity contribution in [2.45, 2.75) is 25.6 Å². The average molecular weight is 154 g/mol. The Labute approximate surface area is 66.5 Å². The Bertz CT molecular complexity index is 180. The van der Waals surface area contributed by atoms with Gasteiger partial charge in [-0.25, -0.2) is 0 Å². The molecule has 1 saturated heterocycles. The van der Waals surface area contributed by atoms with E-state index >= 15 is 0 Å². The minimum atomic E-state index is -0.421. The Hall–Kier alpha value is -0.0800. The molecule has 2 nitrogen and oxygen atoms in total. The second-order valence-electron chi connectivity index (χ2n) is 4.30. The van der Waals surface area contributed by atoms with Gasteiger partial charge in [0.1, 0.15) is 0 Å². The van der Waals surface area contributed by atoms with Gasteiger partial charge < -0.3 is 9.84 Å². The molecule has 3 aliphatic rings. The van der Waals surface area contributed by atoms with Crippen molar-refractivity contribution in [3.05, 3.63) is 0 Å². The summed E-state index contributed by atoms with van der Waals surface area (Å²) in [6, 6.07) is 0. The van der Waals surface area contributed by atoms with Crippen molar-refractivity contribution in [2.24, 2.45) is 23.7 Å². The number of ether oxygens (including phenoxy) is 1. The Morgan fingerprint density at radius 3 is 2.82 bits per heavy atom. The molecule has 1 heterocycles. The van der Waals surface area contributed by atoms with E-state index in [9.17, 15) is 5.11 Å². The topological polar surface area (TPSA) is 29.5 Å². The SMILES string of the molecule is O[C@H]1OCC2C3CCC(C3)C21.